The van der Waals surface area contributed by atoms with Gasteiger partial charge >= 0.3 is 0 Å². The fraction of sp³-hybridized carbons (Fsp3) is 0.409. The molecule has 6 heteroatoms. The SMILES string of the molecule is CC(=O)N[C@@H]1CN(c2cc(C(=O)NC3CC3)ccn2)C[C@H]1c1ccc(C)cc1. The first-order valence-electron chi connectivity index (χ1n) is 9.85. The lowest BCUT2D eigenvalue weighted by molar-refractivity contribution is -0.119. The van der Waals surface area contributed by atoms with E-state index in [-0.39, 0.29) is 23.8 Å². The van der Waals surface area contributed by atoms with Crippen LogP contribution >= 0.6 is 0 Å². The van der Waals surface area contributed by atoms with Crippen LogP contribution in [0.25, 0.3) is 0 Å². The number of benzene rings is 1. The van der Waals surface area contributed by atoms with Crippen LogP contribution in [0.5, 0.6) is 0 Å². The second kappa shape index (κ2) is 7.62. The molecule has 1 aromatic heterocycles. The lowest BCUT2D eigenvalue weighted by Crippen LogP contribution is -2.38. The summed E-state index contributed by atoms with van der Waals surface area (Å²) in [7, 11) is 0. The van der Waals surface area contributed by atoms with E-state index in [1.54, 1.807) is 19.2 Å². The van der Waals surface area contributed by atoms with Gasteiger partial charge < -0.3 is 15.5 Å². The molecule has 4 rings (SSSR count). The number of rotatable bonds is 5. The summed E-state index contributed by atoms with van der Waals surface area (Å²) in [5.74, 6) is 0.872. The first kappa shape index (κ1) is 18.5. The third-order valence-corrected chi connectivity index (χ3v) is 5.46. The number of nitrogens with one attached hydrogen (secondary N) is 2. The van der Waals surface area contributed by atoms with Crippen molar-refractivity contribution in [2.75, 3.05) is 18.0 Å². The summed E-state index contributed by atoms with van der Waals surface area (Å²) >= 11 is 0. The van der Waals surface area contributed by atoms with E-state index in [2.05, 4.69) is 51.7 Å². The summed E-state index contributed by atoms with van der Waals surface area (Å²) in [5.41, 5.74) is 3.05. The second-order valence-electron chi connectivity index (χ2n) is 7.88. The maximum atomic E-state index is 12.4. The molecule has 6 nitrogen and oxygen atoms in total. The molecular formula is C22H26N4O2. The maximum absolute atomic E-state index is 12.4. The lowest BCUT2D eigenvalue weighted by atomic mass is 9.93. The fourth-order valence-electron chi connectivity index (χ4n) is 3.78. The van der Waals surface area contributed by atoms with Crippen molar-refractivity contribution >= 4 is 17.6 Å². The standard InChI is InChI=1S/C22H26N4O2/c1-14-3-5-16(6-4-14)19-12-26(13-20(19)24-15(2)27)21-11-17(9-10-23-21)22(28)25-18-7-8-18/h3-6,9-11,18-20H,7-8,12-13H2,1-2H3,(H,24,27)(H,25,28)/t19-,20+/m0/s1. The zero-order valence-electron chi connectivity index (χ0n) is 16.3. The van der Waals surface area contributed by atoms with Gasteiger partial charge in [-0.05, 0) is 37.5 Å². The van der Waals surface area contributed by atoms with E-state index in [1.165, 1.54) is 11.1 Å². The minimum absolute atomic E-state index is 0.00551. The summed E-state index contributed by atoms with van der Waals surface area (Å²) in [4.78, 5) is 30.7. The fourth-order valence-corrected chi connectivity index (χ4v) is 3.78. The molecule has 1 aliphatic heterocycles. The molecule has 1 saturated heterocycles. The molecular weight excluding hydrogens is 352 g/mol. The normalized spacial score (nSPS) is 21.4. The van der Waals surface area contributed by atoms with E-state index < -0.39 is 0 Å². The molecule has 1 saturated carbocycles. The van der Waals surface area contributed by atoms with Gasteiger partial charge in [0.2, 0.25) is 5.91 Å². The molecule has 2 aliphatic rings. The van der Waals surface area contributed by atoms with E-state index in [1.807, 2.05) is 6.07 Å². The van der Waals surface area contributed by atoms with Crippen LogP contribution in [0, 0.1) is 6.92 Å². The minimum atomic E-state index is -0.0427. The Morgan fingerprint density at radius 1 is 1.07 bits per heavy atom. The van der Waals surface area contributed by atoms with Crippen LogP contribution in [0.2, 0.25) is 0 Å². The highest BCUT2D eigenvalue weighted by molar-refractivity contribution is 5.95. The summed E-state index contributed by atoms with van der Waals surface area (Å²) in [6.07, 6.45) is 3.81. The van der Waals surface area contributed by atoms with Gasteiger partial charge in [-0.1, -0.05) is 29.8 Å². The number of hydrogen-bond acceptors (Lipinski definition) is 4. The number of aromatic nitrogens is 1. The molecule has 1 aromatic carbocycles. The van der Waals surface area contributed by atoms with E-state index in [0.29, 0.717) is 18.2 Å². The number of carbonyl (C=O) groups excluding carboxylic acids is 2. The van der Waals surface area contributed by atoms with E-state index in [9.17, 15) is 9.59 Å². The Kier molecular flexibility index (Phi) is 5.03. The number of anilines is 1. The molecule has 0 unspecified atom stereocenters. The molecule has 1 aliphatic carbocycles. The zero-order valence-corrected chi connectivity index (χ0v) is 16.3. The van der Waals surface area contributed by atoms with Gasteiger partial charge in [0.15, 0.2) is 0 Å². The Labute approximate surface area is 165 Å². The molecule has 0 spiro atoms. The van der Waals surface area contributed by atoms with Gasteiger partial charge in [0.1, 0.15) is 5.82 Å². The Morgan fingerprint density at radius 2 is 1.82 bits per heavy atom. The average molecular weight is 378 g/mol. The average Bonchev–Trinajstić information content (AvgIpc) is 3.40. The zero-order chi connectivity index (χ0) is 19.7. The Hall–Kier alpha value is -2.89. The highest BCUT2D eigenvalue weighted by Crippen LogP contribution is 2.31. The molecule has 2 heterocycles. The predicted octanol–water partition coefficient (Wildman–Crippen LogP) is 2.39. The minimum Gasteiger partial charge on any atom is -0.354 e. The monoisotopic (exact) mass is 378 g/mol. The van der Waals surface area contributed by atoms with Crippen molar-refractivity contribution in [1.29, 1.82) is 0 Å². The number of nitrogens with zero attached hydrogens (tertiary/aromatic N) is 2. The van der Waals surface area contributed by atoms with E-state index in [0.717, 1.165) is 25.2 Å². The number of aryl methyl sites for hydroxylation is 1. The smallest absolute Gasteiger partial charge is 0.251 e. The van der Waals surface area contributed by atoms with Gasteiger partial charge in [0.05, 0.1) is 6.04 Å². The topological polar surface area (TPSA) is 74.3 Å². The maximum Gasteiger partial charge on any atom is 0.251 e. The van der Waals surface area contributed by atoms with Crippen molar-refractivity contribution in [3.05, 3.63) is 59.3 Å². The summed E-state index contributed by atoms with van der Waals surface area (Å²) in [5, 5.41) is 6.11. The van der Waals surface area contributed by atoms with Crippen molar-refractivity contribution in [2.24, 2.45) is 0 Å². The van der Waals surface area contributed by atoms with Crippen LogP contribution in [0.15, 0.2) is 42.6 Å². The van der Waals surface area contributed by atoms with Crippen LogP contribution in [0.4, 0.5) is 5.82 Å². The summed E-state index contributed by atoms with van der Waals surface area (Å²) in [6.45, 7) is 5.03. The molecule has 2 N–H and O–H groups in total. The number of carbonyl (C=O) groups is 2. The van der Waals surface area contributed by atoms with Crippen molar-refractivity contribution in [3.63, 3.8) is 0 Å². The van der Waals surface area contributed by atoms with Gasteiger partial charge in [-0.15, -0.1) is 0 Å². The van der Waals surface area contributed by atoms with Crippen LogP contribution < -0.4 is 15.5 Å². The lowest BCUT2D eigenvalue weighted by Gasteiger charge is -2.19. The number of pyridine rings is 1. The largest absolute Gasteiger partial charge is 0.354 e. The van der Waals surface area contributed by atoms with E-state index in [4.69, 9.17) is 0 Å². The molecule has 2 atom stereocenters. The highest BCUT2D eigenvalue weighted by atomic mass is 16.2. The predicted molar refractivity (Wildman–Crippen MR) is 108 cm³/mol. The van der Waals surface area contributed by atoms with Gasteiger partial charge in [-0.2, -0.15) is 0 Å². The van der Waals surface area contributed by atoms with Gasteiger partial charge in [0, 0.05) is 43.7 Å². The molecule has 2 amide bonds. The number of hydrogen-bond donors (Lipinski definition) is 2. The Bertz CT molecular complexity index is 876. The first-order valence-corrected chi connectivity index (χ1v) is 9.85. The van der Waals surface area contributed by atoms with Crippen LogP contribution in [0.1, 0.15) is 47.2 Å². The quantitative estimate of drug-likeness (QED) is 0.838. The van der Waals surface area contributed by atoms with Crippen molar-refractivity contribution in [2.45, 2.75) is 44.7 Å². The van der Waals surface area contributed by atoms with Crippen LogP contribution in [0.3, 0.4) is 0 Å². The Morgan fingerprint density at radius 3 is 2.50 bits per heavy atom. The van der Waals surface area contributed by atoms with Crippen molar-refractivity contribution < 1.29 is 9.59 Å². The van der Waals surface area contributed by atoms with Crippen molar-refractivity contribution in [3.8, 4) is 0 Å². The van der Waals surface area contributed by atoms with Crippen molar-refractivity contribution in [1.82, 2.24) is 15.6 Å². The van der Waals surface area contributed by atoms with Crippen LogP contribution in [-0.4, -0.2) is 42.0 Å². The summed E-state index contributed by atoms with van der Waals surface area (Å²) in [6, 6.07) is 12.4. The summed E-state index contributed by atoms with van der Waals surface area (Å²) < 4.78 is 0. The molecule has 0 radical (unpaired) electrons. The third-order valence-electron chi connectivity index (χ3n) is 5.46. The molecule has 28 heavy (non-hydrogen) atoms. The molecule has 2 fully saturated rings. The molecule has 0 bridgehead atoms. The molecule has 2 aromatic rings. The second-order valence-corrected chi connectivity index (χ2v) is 7.88. The van der Waals surface area contributed by atoms with Gasteiger partial charge in [-0.3, -0.25) is 9.59 Å². The first-order chi connectivity index (χ1) is 13.5. The highest BCUT2D eigenvalue weighted by Gasteiger charge is 2.35. The Balaban J connectivity index is 1.55. The van der Waals surface area contributed by atoms with E-state index >= 15 is 0 Å². The van der Waals surface area contributed by atoms with Crippen LogP contribution in [-0.2, 0) is 4.79 Å². The van der Waals surface area contributed by atoms with Gasteiger partial charge in [-0.25, -0.2) is 4.98 Å². The number of amides is 2. The van der Waals surface area contributed by atoms with Gasteiger partial charge in [0.25, 0.3) is 5.91 Å². The third kappa shape index (κ3) is 4.16. The molecule has 146 valence electrons.